The van der Waals surface area contributed by atoms with Crippen molar-refractivity contribution in [2.75, 3.05) is 13.2 Å². The van der Waals surface area contributed by atoms with Crippen molar-refractivity contribution >= 4 is 0 Å². The molecule has 0 unspecified atom stereocenters. The summed E-state index contributed by atoms with van der Waals surface area (Å²) in [5.41, 5.74) is 0.365. The third-order valence-corrected chi connectivity index (χ3v) is 4.69. The van der Waals surface area contributed by atoms with Gasteiger partial charge in [-0.15, -0.1) is 0 Å². The Morgan fingerprint density at radius 3 is 1.57 bits per heavy atom. The molecule has 0 amide bonds. The van der Waals surface area contributed by atoms with Crippen LogP contribution in [0.5, 0.6) is 0 Å². The zero-order chi connectivity index (χ0) is 23.3. The van der Waals surface area contributed by atoms with Gasteiger partial charge in [-0.2, -0.15) is 26.3 Å². The van der Waals surface area contributed by atoms with Crippen molar-refractivity contribution in [3.63, 3.8) is 0 Å². The highest BCUT2D eigenvalue weighted by Crippen LogP contribution is 2.30. The SMILES string of the molecule is CCC(CC/C=C/CCCCCCCC(C)(C)C)(OCC(F)(F)F)OCC(F)(F)F. The van der Waals surface area contributed by atoms with Crippen LogP contribution in [0.15, 0.2) is 12.2 Å². The molecule has 0 spiro atoms. The Morgan fingerprint density at radius 2 is 1.10 bits per heavy atom. The lowest BCUT2D eigenvalue weighted by atomic mass is 9.89. The smallest absolute Gasteiger partial charge is 0.341 e. The first kappa shape index (κ1) is 29.2. The van der Waals surface area contributed by atoms with Crippen molar-refractivity contribution in [3.8, 4) is 0 Å². The first-order valence-corrected chi connectivity index (χ1v) is 10.7. The van der Waals surface area contributed by atoms with Crippen molar-refractivity contribution in [2.45, 2.75) is 110 Å². The molecule has 0 aromatic rings. The van der Waals surface area contributed by atoms with Gasteiger partial charge in [-0.3, -0.25) is 0 Å². The quantitative estimate of drug-likeness (QED) is 0.108. The van der Waals surface area contributed by atoms with Crippen molar-refractivity contribution in [1.29, 1.82) is 0 Å². The molecule has 0 aromatic heterocycles. The van der Waals surface area contributed by atoms with E-state index in [-0.39, 0.29) is 19.3 Å². The molecule has 0 radical (unpaired) electrons. The Balaban J connectivity index is 4.29. The number of hydrogen-bond donors (Lipinski definition) is 0. The average Bonchev–Trinajstić information content (AvgIpc) is 2.59. The van der Waals surface area contributed by atoms with E-state index in [0.717, 1.165) is 19.3 Å². The van der Waals surface area contributed by atoms with Gasteiger partial charge < -0.3 is 9.47 Å². The predicted octanol–water partition coefficient (Wildman–Crippen LogP) is 8.36. The first-order chi connectivity index (χ1) is 13.7. The number of rotatable bonds is 15. The van der Waals surface area contributed by atoms with Crippen LogP contribution in [0.1, 0.15) is 91.9 Å². The standard InChI is InChI=1S/C22H38F6O2/c1-5-20(29-17-21(23,24)25,30-18-22(26,27)28)16-14-12-10-8-6-7-9-11-13-15-19(2,3)4/h10,12H,5-9,11,13-18H2,1-4H3/b12-10+. The second-order valence-corrected chi connectivity index (χ2v) is 8.95. The molecule has 0 bridgehead atoms. The van der Waals surface area contributed by atoms with Crippen molar-refractivity contribution in [2.24, 2.45) is 5.41 Å². The van der Waals surface area contributed by atoms with Gasteiger partial charge in [0.15, 0.2) is 5.79 Å². The molecule has 0 atom stereocenters. The summed E-state index contributed by atoms with van der Waals surface area (Å²) in [6, 6.07) is 0. The van der Waals surface area contributed by atoms with E-state index in [2.05, 4.69) is 20.8 Å². The molecule has 0 aliphatic heterocycles. The lowest BCUT2D eigenvalue weighted by Crippen LogP contribution is -2.41. The number of allylic oxidation sites excluding steroid dienone is 2. The highest BCUT2D eigenvalue weighted by Gasteiger charge is 2.40. The molecule has 2 nitrogen and oxygen atoms in total. The van der Waals surface area contributed by atoms with Crippen LogP contribution in [-0.4, -0.2) is 31.4 Å². The molecule has 180 valence electrons. The zero-order valence-electron chi connectivity index (χ0n) is 18.7. The van der Waals surface area contributed by atoms with Crippen LogP contribution in [0.3, 0.4) is 0 Å². The molecule has 0 rings (SSSR count). The van der Waals surface area contributed by atoms with Gasteiger partial charge in [0.1, 0.15) is 13.2 Å². The summed E-state index contributed by atoms with van der Waals surface area (Å²) in [4.78, 5) is 0. The number of halogens is 6. The van der Waals surface area contributed by atoms with Crippen LogP contribution in [0, 0.1) is 5.41 Å². The fraction of sp³-hybridized carbons (Fsp3) is 0.909. The lowest BCUT2D eigenvalue weighted by molar-refractivity contribution is -0.313. The van der Waals surface area contributed by atoms with E-state index >= 15 is 0 Å². The normalized spacial score (nSPS) is 14.1. The third-order valence-electron chi connectivity index (χ3n) is 4.69. The van der Waals surface area contributed by atoms with E-state index in [1.54, 1.807) is 6.08 Å². The Morgan fingerprint density at radius 1 is 0.633 bits per heavy atom. The van der Waals surface area contributed by atoms with Gasteiger partial charge >= 0.3 is 12.4 Å². The van der Waals surface area contributed by atoms with Gasteiger partial charge in [-0.05, 0) is 37.5 Å². The number of unbranched alkanes of at least 4 members (excludes halogenated alkanes) is 5. The fourth-order valence-corrected chi connectivity index (χ4v) is 2.98. The maximum Gasteiger partial charge on any atom is 0.411 e. The summed E-state index contributed by atoms with van der Waals surface area (Å²) in [5.74, 6) is -1.90. The fourth-order valence-electron chi connectivity index (χ4n) is 2.98. The highest BCUT2D eigenvalue weighted by molar-refractivity contribution is 4.84. The molecule has 0 saturated heterocycles. The summed E-state index contributed by atoms with van der Waals surface area (Å²) in [6.07, 6.45) is 2.29. The van der Waals surface area contributed by atoms with Gasteiger partial charge in [0.25, 0.3) is 0 Å². The Bertz CT molecular complexity index is 446. The minimum Gasteiger partial charge on any atom is -0.341 e. The zero-order valence-corrected chi connectivity index (χ0v) is 18.7. The maximum atomic E-state index is 12.5. The molecule has 0 aliphatic rings. The predicted molar refractivity (Wildman–Crippen MR) is 107 cm³/mol. The van der Waals surface area contributed by atoms with E-state index in [4.69, 9.17) is 9.47 Å². The summed E-state index contributed by atoms with van der Waals surface area (Å²) in [6.45, 7) is 4.86. The minimum absolute atomic E-state index is 0.0705. The van der Waals surface area contributed by atoms with Crippen molar-refractivity contribution in [3.05, 3.63) is 12.2 Å². The minimum atomic E-state index is -4.63. The second-order valence-electron chi connectivity index (χ2n) is 8.95. The van der Waals surface area contributed by atoms with E-state index in [9.17, 15) is 26.3 Å². The summed E-state index contributed by atoms with van der Waals surface area (Å²) in [5, 5.41) is 0. The third kappa shape index (κ3) is 18.0. The summed E-state index contributed by atoms with van der Waals surface area (Å²) >= 11 is 0. The molecular weight excluding hydrogens is 410 g/mol. The Labute approximate surface area is 177 Å². The topological polar surface area (TPSA) is 18.5 Å². The van der Waals surface area contributed by atoms with E-state index in [0.29, 0.717) is 5.41 Å². The second kappa shape index (κ2) is 13.6. The Hall–Kier alpha value is -0.760. The highest BCUT2D eigenvalue weighted by atomic mass is 19.4. The Kier molecular flexibility index (Phi) is 13.3. The average molecular weight is 449 g/mol. The van der Waals surface area contributed by atoms with Gasteiger partial charge in [0.05, 0.1) is 0 Å². The number of ether oxygens (including phenoxy) is 2. The first-order valence-electron chi connectivity index (χ1n) is 10.7. The van der Waals surface area contributed by atoms with Crippen LogP contribution in [0.2, 0.25) is 0 Å². The van der Waals surface area contributed by atoms with Gasteiger partial charge in [-0.1, -0.05) is 65.5 Å². The van der Waals surface area contributed by atoms with Crippen LogP contribution < -0.4 is 0 Å². The maximum absolute atomic E-state index is 12.5. The van der Waals surface area contributed by atoms with Gasteiger partial charge in [0.2, 0.25) is 0 Å². The summed E-state index contributed by atoms with van der Waals surface area (Å²) < 4.78 is 84.4. The van der Waals surface area contributed by atoms with Gasteiger partial charge in [-0.25, -0.2) is 0 Å². The molecule has 0 saturated carbocycles. The molecule has 0 aliphatic carbocycles. The molecule has 0 aromatic carbocycles. The molecule has 0 heterocycles. The monoisotopic (exact) mass is 448 g/mol. The number of alkyl halides is 6. The van der Waals surface area contributed by atoms with E-state index in [1.165, 1.54) is 32.6 Å². The lowest BCUT2D eigenvalue weighted by Gasteiger charge is -2.33. The van der Waals surface area contributed by atoms with Gasteiger partial charge in [0, 0.05) is 6.42 Å². The van der Waals surface area contributed by atoms with Crippen LogP contribution in [0.25, 0.3) is 0 Å². The molecule has 0 fully saturated rings. The molecule has 8 heteroatoms. The largest absolute Gasteiger partial charge is 0.411 e. The van der Waals surface area contributed by atoms with E-state index < -0.39 is 31.4 Å². The van der Waals surface area contributed by atoms with Crippen molar-refractivity contribution < 1.29 is 35.8 Å². The van der Waals surface area contributed by atoms with E-state index in [1.807, 2.05) is 6.08 Å². The molecular formula is C22H38F6O2. The van der Waals surface area contributed by atoms with Crippen LogP contribution in [-0.2, 0) is 9.47 Å². The van der Waals surface area contributed by atoms with Crippen molar-refractivity contribution in [1.82, 2.24) is 0 Å². The number of hydrogen-bond acceptors (Lipinski definition) is 2. The summed E-state index contributed by atoms with van der Waals surface area (Å²) in [7, 11) is 0. The van der Waals surface area contributed by atoms with Crippen LogP contribution in [0.4, 0.5) is 26.3 Å². The van der Waals surface area contributed by atoms with Crippen LogP contribution >= 0.6 is 0 Å². The molecule has 0 N–H and O–H groups in total. The molecule has 30 heavy (non-hydrogen) atoms.